The van der Waals surface area contributed by atoms with Crippen molar-refractivity contribution in [2.24, 2.45) is 0 Å². The summed E-state index contributed by atoms with van der Waals surface area (Å²) in [5.41, 5.74) is 4.59. The van der Waals surface area contributed by atoms with Gasteiger partial charge in [0.2, 0.25) is 5.95 Å². The summed E-state index contributed by atoms with van der Waals surface area (Å²) in [6.45, 7) is 7.82. The number of nitrogens with zero attached hydrogens (tertiary/aromatic N) is 5. The fourth-order valence-corrected chi connectivity index (χ4v) is 3.91. The zero-order valence-electron chi connectivity index (χ0n) is 18.9. The standard InChI is InChI=1S/C24H32N6O/c1-17(2)19-5-7-22(8-6-19)31-16-21-11-23(28-27-21)20-9-10-30(15-20)14-18-12-25-24(26-13-18)29(3)4/h5-8,11-13,17,20H,9-10,14-16H2,1-4H3,(H,27,28)/t20-/m0/s1. The molecule has 164 valence electrons. The number of rotatable bonds is 8. The predicted molar refractivity (Wildman–Crippen MR) is 122 cm³/mol. The third kappa shape index (κ3) is 5.41. The minimum atomic E-state index is 0.442. The number of aromatic amines is 1. The second-order valence-electron chi connectivity index (χ2n) is 8.84. The SMILES string of the molecule is CC(C)c1ccc(OCc2cc([C@H]3CCN(Cc4cnc(N(C)C)nc4)C3)n[nH]2)cc1. The Hall–Kier alpha value is -2.93. The molecule has 3 aromatic rings. The first-order valence-corrected chi connectivity index (χ1v) is 11.0. The molecule has 7 heteroatoms. The topological polar surface area (TPSA) is 70.2 Å². The first-order chi connectivity index (χ1) is 15.0. The highest BCUT2D eigenvalue weighted by atomic mass is 16.5. The molecule has 0 spiro atoms. The average molecular weight is 421 g/mol. The van der Waals surface area contributed by atoms with E-state index in [1.807, 2.05) is 43.5 Å². The van der Waals surface area contributed by atoms with E-state index in [-0.39, 0.29) is 0 Å². The summed E-state index contributed by atoms with van der Waals surface area (Å²) in [5.74, 6) is 2.60. The van der Waals surface area contributed by atoms with Crippen molar-refractivity contribution in [3.63, 3.8) is 0 Å². The van der Waals surface area contributed by atoms with E-state index in [9.17, 15) is 0 Å². The molecule has 31 heavy (non-hydrogen) atoms. The summed E-state index contributed by atoms with van der Waals surface area (Å²) < 4.78 is 5.93. The Bertz CT molecular complexity index is 964. The quantitative estimate of drug-likeness (QED) is 0.595. The van der Waals surface area contributed by atoms with Crippen LogP contribution in [-0.4, -0.2) is 52.3 Å². The van der Waals surface area contributed by atoms with Gasteiger partial charge >= 0.3 is 0 Å². The highest BCUT2D eigenvalue weighted by Gasteiger charge is 2.26. The first-order valence-electron chi connectivity index (χ1n) is 11.0. The van der Waals surface area contributed by atoms with Crippen LogP contribution in [0.3, 0.4) is 0 Å². The molecule has 0 aliphatic carbocycles. The largest absolute Gasteiger partial charge is 0.487 e. The van der Waals surface area contributed by atoms with Gasteiger partial charge in [0.05, 0.1) is 11.4 Å². The number of aromatic nitrogens is 4. The number of hydrogen-bond donors (Lipinski definition) is 1. The number of nitrogens with one attached hydrogen (secondary N) is 1. The number of likely N-dealkylation sites (tertiary alicyclic amines) is 1. The van der Waals surface area contributed by atoms with Crippen LogP contribution in [0.15, 0.2) is 42.7 Å². The summed E-state index contributed by atoms with van der Waals surface area (Å²) in [4.78, 5) is 13.2. The van der Waals surface area contributed by atoms with Gasteiger partial charge in [-0.3, -0.25) is 10.00 Å². The molecule has 1 atom stereocenters. The van der Waals surface area contributed by atoms with Crippen molar-refractivity contribution in [2.45, 2.75) is 45.3 Å². The van der Waals surface area contributed by atoms with Crippen molar-refractivity contribution in [1.29, 1.82) is 0 Å². The van der Waals surface area contributed by atoms with Crippen molar-refractivity contribution in [2.75, 3.05) is 32.1 Å². The predicted octanol–water partition coefficient (Wildman–Crippen LogP) is 3.96. The lowest BCUT2D eigenvalue weighted by molar-refractivity contribution is 0.301. The minimum absolute atomic E-state index is 0.442. The third-order valence-corrected chi connectivity index (χ3v) is 5.78. The highest BCUT2D eigenvalue weighted by Crippen LogP contribution is 2.27. The molecule has 0 radical (unpaired) electrons. The van der Waals surface area contributed by atoms with E-state index in [1.54, 1.807) is 0 Å². The fourth-order valence-electron chi connectivity index (χ4n) is 3.91. The van der Waals surface area contributed by atoms with Crippen LogP contribution < -0.4 is 9.64 Å². The van der Waals surface area contributed by atoms with Crippen LogP contribution in [0.4, 0.5) is 5.95 Å². The zero-order chi connectivity index (χ0) is 21.8. The van der Waals surface area contributed by atoms with E-state index >= 15 is 0 Å². The number of benzene rings is 1. The Morgan fingerprint density at radius 1 is 1.16 bits per heavy atom. The molecule has 1 fully saturated rings. The molecule has 2 aromatic heterocycles. The van der Waals surface area contributed by atoms with Crippen molar-refractivity contribution in [1.82, 2.24) is 25.1 Å². The zero-order valence-corrected chi connectivity index (χ0v) is 18.9. The smallest absolute Gasteiger partial charge is 0.224 e. The van der Waals surface area contributed by atoms with Crippen molar-refractivity contribution >= 4 is 5.95 Å². The van der Waals surface area contributed by atoms with Crippen LogP contribution in [0, 0.1) is 0 Å². The van der Waals surface area contributed by atoms with E-state index in [4.69, 9.17) is 4.74 Å². The van der Waals surface area contributed by atoms with Gasteiger partial charge in [-0.1, -0.05) is 26.0 Å². The van der Waals surface area contributed by atoms with E-state index in [0.717, 1.165) is 54.7 Å². The Kier molecular flexibility index (Phi) is 6.51. The van der Waals surface area contributed by atoms with E-state index in [0.29, 0.717) is 18.4 Å². The summed E-state index contributed by atoms with van der Waals surface area (Å²) in [6.07, 6.45) is 4.96. The minimum Gasteiger partial charge on any atom is -0.487 e. The second kappa shape index (κ2) is 9.47. The van der Waals surface area contributed by atoms with Gasteiger partial charge < -0.3 is 9.64 Å². The third-order valence-electron chi connectivity index (χ3n) is 5.78. The number of hydrogen-bond acceptors (Lipinski definition) is 6. The summed E-state index contributed by atoms with van der Waals surface area (Å²) in [7, 11) is 3.90. The second-order valence-corrected chi connectivity index (χ2v) is 8.84. The molecule has 1 aliphatic heterocycles. The van der Waals surface area contributed by atoms with Gasteiger partial charge in [0.1, 0.15) is 12.4 Å². The molecule has 1 N–H and O–H groups in total. The van der Waals surface area contributed by atoms with Gasteiger partial charge in [-0.2, -0.15) is 5.10 Å². The summed E-state index contributed by atoms with van der Waals surface area (Å²) in [5, 5.41) is 7.70. The van der Waals surface area contributed by atoms with Crippen LogP contribution in [0.1, 0.15) is 54.6 Å². The Labute approximate surface area is 184 Å². The van der Waals surface area contributed by atoms with Crippen molar-refractivity contribution < 1.29 is 4.74 Å². The van der Waals surface area contributed by atoms with Crippen molar-refractivity contribution in [3.8, 4) is 5.75 Å². The number of anilines is 1. The monoisotopic (exact) mass is 420 g/mol. The summed E-state index contributed by atoms with van der Waals surface area (Å²) in [6, 6.07) is 10.5. The Balaban J connectivity index is 1.28. The van der Waals surface area contributed by atoms with E-state index in [1.165, 1.54) is 5.56 Å². The molecule has 3 heterocycles. The molecule has 0 amide bonds. The van der Waals surface area contributed by atoms with Gasteiger partial charge in [0.25, 0.3) is 0 Å². The lowest BCUT2D eigenvalue weighted by Crippen LogP contribution is -2.20. The molecule has 0 unspecified atom stereocenters. The Morgan fingerprint density at radius 2 is 1.90 bits per heavy atom. The average Bonchev–Trinajstić information content (AvgIpc) is 3.42. The first kappa shape index (κ1) is 21.3. The normalized spacial score (nSPS) is 16.7. The van der Waals surface area contributed by atoms with Crippen LogP contribution in [0.25, 0.3) is 0 Å². The Morgan fingerprint density at radius 3 is 2.58 bits per heavy atom. The lowest BCUT2D eigenvalue weighted by atomic mass is 10.0. The molecule has 4 rings (SSSR count). The van der Waals surface area contributed by atoms with Gasteiger partial charge in [-0.25, -0.2) is 9.97 Å². The van der Waals surface area contributed by atoms with Gasteiger partial charge in [0, 0.05) is 51.1 Å². The molecular formula is C24H32N6O. The molecule has 7 nitrogen and oxygen atoms in total. The maximum atomic E-state index is 5.93. The maximum absolute atomic E-state index is 5.93. The van der Waals surface area contributed by atoms with Crippen LogP contribution >= 0.6 is 0 Å². The van der Waals surface area contributed by atoms with Crippen molar-refractivity contribution in [3.05, 3.63) is 65.2 Å². The maximum Gasteiger partial charge on any atom is 0.224 e. The molecule has 1 aliphatic rings. The number of ether oxygens (including phenoxy) is 1. The van der Waals surface area contributed by atoms with Gasteiger partial charge in [-0.05, 0) is 42.6 Å². The van der Waals surface area contributed by atoms with Gasteiger partial charge in [0.15, 0.2) is 0 Å². The van der Waals surface area contributed by atoms with E-state index in [2.05, 4.69) is 57.1 Å². The van der Waals surface area contributed by atoms with Crippen LogP contribution in [-0.2, 0) is 13.2 Å². The van der Waals surface area contributed by atoms with E-state index < -0.39 is 0 Å². The molecule has 1 aromatic carbocycles. The van der Waals surface area contributed by atoms with Gasteiger partial charge in [-0.15, -0.1) is 0 Å². The summed E-state index contributed by atoms with van der Waals surface area (Å²) >= 11 is 0. The fraction of sp³-hybridized carbons (Fsp3) is 0.458. The van der Waals surface area contributed by atoms with Crippen LogP contribution in [0.2, 0.25) is 0 Å². The molecule has 0 saturated carbocycles. The lowest BCUT2D eigenvalue weighted by Gasteiger charge is -2.16. The molecule has 0 bridgehead atoms. The molecule has 1 saturated heterocycles. The van der Waals surface area contributed by atoms with Crippen LogP contribution in [0.5, 0.6) is 5.75 Å². The molecular weight excluding hydrogens is 388 g/mol. The highest BCUT2D eigenvalue weighted by molar-refractivity contribution is 5.29. The number of H-pyrrole nitrogens is 1.